The standard InChI is InChI=1S/C32H29ClFN9O7S2/c1-32(2,30(48)49)50-40-21(20-24(33)52-31(37)39-20)26(44)38-22-27(45)43-23(29(46)47)17(13-51-28(22)43)10-41-7-5-14-6-8-42(19(14)12-41)11-16-4-3-15(25(35)36)9-18(16)34/h3-9,12,22,28H,10-11,13H2,1-2H3,(H7-,35,36,37,38,39,44,46,47,48,49)/p+1/t22-,28-/m1/s1. The Hall–Kier alpha value is -5.53. The van der Waals surface area contributed by atoms with Crippen LogP contribution in [-0.2, 0) is 37.1 Å². The van der Waals surface area contributed by atoms with Crippen molar-refractivity contribution in [1.29, 1.82) is 5.41 Å². The summed E-state index contributed by atoms with van der Waals surface area (Å²) in [7, 11) is 0. The van der Waals surface area contributed by atoms with Gasteiger partial charge in [0.15, 0.2) is 29.8 Å². The lowest BCUT2D eigenvalue weighted by Gasteiger charge is -2.49. The van der Waals surface area contributed by atoms with E-state index in [0.29, 0.717) is 11.1 Å². The highest BCUT2D eigenvalue weighted by molar-refractivity contribution is 8.00. The molecule has 16 nitrogen and oxygen atoms in total. The lowest BCUT2D eigenvalue weighted by Crippen LogP contribution is -2.71. The van der Waals surface area contributed by atoms with Crippen molar-refractivity contribution in [1.82, 2.24) is 19.8 Å². The zero-order valence-electron chi connectivity index (χ0n) is 27.3. The number of thiazole rings is 1. The van der Waals surface area contributed by atoms with E-state index in [1.165, 1.54) is 31.7 Å². The van der Waals surface area contributed by atoms with Gasteiger partial charge in [0.25, 0.3) is 11.8 Å². The number of thioether (sulfide) groups is 1. The van der Waals surface area contributed by atoms with Gasteiger partial charge in [0, 0.05) is 40.1 Å². The first-order chi connectivity index (χ1) is 24.5. The largest absolute Gasteiger partial charge is 0.478 e. The molecule has 0 aliphatic carbocycles. The Morgan fingerprint density at radius 3 is 2.65 bits per heavy atom. The summed E-state index contributed by atoms with van der Waals surface area (Å²) >= 11 is 8.30. The van der Waals surface area contributed by atoms with Crippen LogP contribution in [0, 0.1) is 11.2 Å². The summed E-state index contributed by atoms with van der Waals surface area (Å²) in [5.74, 6) is -4.91. The Balaban J connectivity index is 1.22. The number of hydrogen-bond donors (Lipinski definition) is 6. The molecule has 1 saturated heterocycles. The first-order valence-corrected chi connectivity index (χ1v) is 17.5. The average molecular weight is 771 g/mol. The summed E-state index contributed by atoms with van der Waals surface area (Å²) in [6, 6.07) is 6.89. The zero-order chi connectivity index (χ0) is 37.6. The predicted octanol–water partition coefficient (Wildman–Crippen LogP) is 2.12. The number of hydrogen-bond acceptors (Lipinski definition) is 11. The number of carboxylic acids is 2. The third-order valence-corrected chi connectivity index (χ3v) is 10.7. The minimum Gasteiger partial charge on any atom is -0.478 e. The Morgan fingerprint density at radius 1 is 1.27 bits per heavy atom. The number of halogens is 2. The number of fused-ring (bicyclic) bond motifs is 2. The van der Waals surface area contributed by atoms with Crippen LogP contribution in [-0.4, -0.2) is 82.7 Å². The summed E-state index contributed by atoms with van der Waals surface area (Å²) in [6.45, 7) is 2.72. The number of benzene rings is 1. The topological polar surface area (TPSA) is 243 Å². The summed E-state index contributed by atoms with van der Waals surface area (Å²) in [6.07, 6.45) is 5.37. The lowest BCUT2D eigenvalue weighted by molar-refractivity contribution is -0.687. The van der Waals surface area contributed by atoms with Crippen molar-refractivity contribution >= 4 is 86.0 Å². The minimum atomic E-state index is -1.84. The van der Waals surface area contributed by atoms with E-state index >= 15 is 0 Å². The molecule has 1 aromatic carbocycles. The number of carbonyl (C=O) groups excluding carboxylic acids is 2. The highest BCUT2D eigenvalue weighted by Crippen LogP contribution is 2.40. The van der Waals surface area contributed by atoms with Gasteiger partial charge in [-0.25, -0.2) is 19.0 Å². The van der Waals surface area contributed by atoms with E-state index in [-0.39, 0.29) is 51.1 Å². The third-order valence-electron chi connectivity index (χ3n) is 8.31. The zero-order valence-corrected chi connectivity index (χ0v) is 29.7. The van der Waals surface area contributed by atoms with E-state index in [0.717, 1.165) is 27.1 Å². The number of β-lactam (4-membered cyclic amide) rings is 1. The fraction of sp³-hybridized carbons (Fsp3) is 0.250. The first-order valence-electron chi connectivity index (χ1n) is 15.3. The molecule has 8 N–H and O–H groups in total. The Kier molecular flexibility index (Phi) is 9.69. The van der Waals surface area contributed by atoms with Crippen molar-refractivity contribution in [2.45, 2.75) is 44.0 Å². The molecule has 2 atom stereocenters. The number of aromatic nitrogens is 3. The van der Waals surface area contributed by atoms with Crippen LogP contribution in [0.2, 0.25) is 4.34 Å². The van der Waals surface area contributed by atoms with E-state index in [1.807, 2.05) is 16.7 Å². The number of nitrogens with one attached hydrogen (secondary N) is 2. The van der Waals surface area contributed by atoms with Crippen LogP contribution >= 0.6 is 34.7 Å². The van der Waals surface area contributed by atoms with Crippen molar-refractivity contribution in [3.63, 3.8) is 0 Å². The molecule has 52 heavy (non-hydrogen) atoms. The van der Waals surface area contributed by atoms with Gasteiger partial charge in [0.2, 0.25) is 5.60 Å². The predicted molar refractivity (Wildman–Crippen MR) is 189 cm³/mol. The summed E-state index contributed by atoms with van der Waals surface area (Å²) in [4.78, 5) is 61.3. The third kappa shape index (κ3) is 6.89. The molecule has 0 radical (unpaired) electrons. The van der Waals surface area contributed by atoms with Crippen molar-refractivity contribution in [2.24, 2.45) is 10.9 Å². The van der Waals surface area contributed by atoms with Gasteiger partial charge < -0.3 is 36.4 Å². The number of nitrogens with zero attached hydrogens (tertiary/aromatic N) is 5. The van der Waals surface area contributed by atoms with E-state index in [9.17, 15) is 33.8 Å². The van der Waals surface area contributed by atoms with Crippen molar-refractivity contribution < 1.29 is 43.2 Å². The molecule has 2 aliphatic heterocycles. The van der Waals surface area contributed by atoms with E-state index in [2.05, 4.69) is 15.5 Å². The molecule has 4 aromatic rings. The van der Waals surface area contributed by atoms with E-state index < -0.39 is 52.3 Å². The number of anilines is 1. The molecule has 6 rings (SSSR count). The molecule has 0 bridgehead atoms. The van der Waals surface area contributed by atoms with Gasteiger partial charge in [-0.15, -0.1) is 11.8 Å². The van der Waals surface area contributed by atoms with Gasteiger partial charge in [0.05, 0.1) is 6.54 Å². The highest BCUT2D eigenvalue weighted by atomic mass is 35.5. The summed E-state index contributed by atoms with van der Waals surface area (Å²) < 4.78 is 18.4. The van der Waals surface area contributed by atoms with Crippen molar-refractivity contribution in [2.75, 3.05) is 11.5 Å². The number of rotatable bonds is 12. The molecule has 2 amide bonds. The molecule has 0 saturated carbocycles. The number of aliphatic carboxylic acids is 2. The molecule has 0 unspecified atom stereocenters. The maximum atomic E-state index is 14.8. The second kappa shape index (κ2) is 13.9. The van der Waals surface area contributed by atoms with Crippen LogP contribution in [0.15, 0.2) is 65.3 Å². The molecule has 270 valence electrons. The Bertz CT molecular complexity index is 2250. The molecule has 0 spiro atoms. The fourth-order valence-corrected chi connectivity index (χ4v) is 7.78. The number of carbonyl (C=O) groups is 4. The molecule has 5 heterocycles. The van der Waals surface area contributed by atoms with Crippen LogP contribution in [0.4, 0.5) is 9.52 Å². The van der Waals surface area contributed by atoms with Crippen LogP contribution in [0.1, 0.15) is 30.7 Å². The normalized spacial score (nSPS) is 17.5. The van der Waals surface area contributed by atoms with Crippen LogP contribution in [0.5, 0.6) is 0 Å². The molecular formula is C32H30ClFN9O7S2+. The monoisotopic (exact) mass is 770 g/mol. The number of pyridine rings is 1. The van der Waals surface area contributed by atoms with Crippen LogP contribution < -0.4 is 21.4 Å². The molecule has 3 aromatic heterocycles. The molecule has 20 heteroatoms. The number of oxime groups is 1. The quantitative estimate of drug-likeness (QED) is 0.0401. The van der Waals surface area contributed by atoms with Gasteiger partial charge in [0.1, 0.15) is 44.3 Å². The van der Waals surface area contributed by atoms with Gasteiger partial charge in [-0.1, -0.05) is 40.2 Å². The second-order valence-corrected chi connectivity index (χ2v) is 15.0. The van der Waals surface area contributed by atoms with E-state index in [4.69, 9.17) is 33.3 Å². The average Bonchev–Trinajstić information content (AvgIpc) is 3.64. The fourth-order valence-electron chi connectivity index (χ4n) is 5.52. The van der Waals surface area contributed by atoms with Crippen molar-refractivity contribution in [3.8, 4) is 0 Å². The Morgan fingerprint density at radius 2 is 2.02 bits per heavy atom. The summed E-state index contributed by atoms with van der Waals surface area (Å²) in [5.41, 5.74) is 10.3. The molecule has 1 fully saturated rings. The smallest absolute Gasteiger partial charge is 0.352 e. The number of nitrogen functional groups attached to an aromatic ring is 2. The maximum Gasteiger partial charge on any atom is 0.352 e. The number of amides is 2. The van der Waals surface area contributed by atoms with Gasteiger partial charge in [-0.3, -0.25) is 19.9 Å². The lowest BCUT2D eigenvalue weighted by atomic mass is 10.0. The van der Waals surface area contributed by atoms with Gasteiger partial charge >= 0.3 is 11.9 Å². The number of nitrogens with two attached hydrogens (primary N) is 2. The SMILES string of the molecule is CC(C)(ON=C(C(=O)N[C@@H]1C(=O)N2C(C(=O)O)=C(C[n+]3ccc4ccn(Cc5ccc(C(=N)N)cc5F)c4c3)CS[C@H]12)c1nc(N)sc1Cl)C(=O)O. The first kappa shape index (κ1) is 36.3. The van der Waals surface area contributed by atoms with Crippen LogP contribution in [0.3, 0.4) is 0 Å². The Labute approximate surface area is 307 Å². The van der Waals surface area contributed by atoms with E-state index in [1.54, 1.807) is 35.3 Å². The van der Waals surface area contributed by atoms with Crippen molar-refractivity contribution in [3.05, 3.63) is 87.2 Å². The summed E-state index contributed by atoms with van der Waals surface area (Å²) in [5, 5.41) is 33.5. The molecule has 2 aliphatic rings. The maximum absolute atomic E-state index is 14.8. The van der Waals surface area contributed by atoms with Crippen LogP contribution in [0.25, 0.3) is 10.9 Å². The minimum absolute atomic E-state index is 0.00459. The second-order valence-electron chi connectivity index (χ2n) is 12.3. The van der Waals surface area contributed by atoms with Gasteiger partial charge in [-0.2, -0.15) is 4.57 Å². The molecular weight excluding hydrogens is 741 g/mol. The number of carboxylic acid groups (broad SMARTS) is 2. The number of amidine groups is 1. The van der Waals surface area contributed by atoms with Gasteiger partial charge in [-0.05, 0) is 26.0 Å². The highest BCUT2D eigenvalue weighted by Gasteiger charge is 2.55.